The number of aromatic nitrogens is 3. The molecule has 0 spiro atoms. The first kappa shape index (κ1) is 19.6. The maximum absolute atomic E-state index is 13.6. The smallest absolute Gasteiger partial charge is 0.420 e. The Morgan fingerprint density at radius 1 is 1.03 bits per heavy atom. The molecule has 4 rings (SSSR count). The standard InChI is InChI=1S/C23H21FN4O2/c1-23(2,3)30-22(29)27(18-11-9-17(24)10-12-18)21-15-19(16-7-5-4-6-8-16)26-20-13-14-25-28(20)21/h4-15H,1-3H3. The van der Waals surface area contributed by atoms with Crippen molar-refractivity contribution in [3.8, 4) is 11.3 Å². The largest absolute Gasteiger partial charge is 0.443 e. The van der Waals surface area contributed by atoms with E-state index in [1.165, 1.54) is 29.2 Å². The molecule has 0 atom stereocenters. The van der Waals surface area contributed by atoms with Crippen LogP contribution in [0.3, 0.4) is 0 Å². The molecular weight excluding hydrogens is 383 g/mol. The maximum atomic E-state index is 13.6. The van der Waals surface area contributed by atoms with Crippen LogP contribution < -0.4 is 4.90 Å². The highest BCUT2D eigenvalue weighted by Crippen LogP contribution is 2.31. The van der Waals surface area contributed by atoms with E-state index < -0.39 is 17.5 Å². The van der Waals surface area contributed by atoms with Crippen LogP contribution in [0.15, 0.2) is 72.9 Å². The van der Waals surface area contributed by atoms with E-state index in [1.54, 1.807) is 43.6 Å². The van der Waals surface area contributed by atoms with Gasteiger partial charge in [0.2, 0.25) is 0 Å². The van der Waals surface area contributed by atoms with Crippen LogP contribution in [-0.2, 0) is 4.74 Å². The third-order valence-corrected chi connectivity index (χ3v) is 4.30. The van der Waals surface area contributed by atoms with E-state index in [4.69, 9.17) is 4.74 Å². The zero-order valence-electron chi connectivity index (χ0n) is 16.9. The van der Waals surface area contributed by atoms with Crippen molar-refractivity contribution in [1.29, 1.82) is 0 Å². The first-order valence-corrected chi connectivity index (χ1v) is 9.51. The summed E-state index contributed by atoms with van der Waals surface area (Å²) in [6.45, 7) is 5.37. The molecule has 0 fully saturated rings. The van der Waals surface area contributed by atoms with Gasteiger partial charge in [0.1, 0.15) is 17.2 Å². The SMILES string of the molecule is CC(C)(C)OC(=O)N(c1ccc(F)cc1)c1cc(-c2ccccc2)nc2ccnn12. The summed E-state index contributed by atoms with van der Waals surface area (Å²) in [4.78, 5) is 19.2. The van der Waals surface area contributed by atoms with Crippen molar-refractivity contribution in [3.63, 3.8) is 0 Å². The Hall–Kier alpha value is -3.74. The molecule has 0 radical (unpaired) electrons. The minimum atomic E-state index is -0.714. The number of hydrogen-bond donors (Lipinski definition) is 0. The van der Waals surface area contributed by atoms with E-state index in [0.717, 1.165) is 5.56 Å². The Labute approximate surface area is 173 Å². The fourth-order valence-electron chi connectivity index (χ4n) is 3.04. The Balaban J connectivity index is 1.92. The molecule has 0 aliphatic heterocycles. The van der Waals surface area contributed by atoms with Crippen LogP contribution in [0, 0.1) is 5.82 Å². The van der Waals surface area contributed by atoms with Crippen molar-refractivity contribution in [1.82, 2.24) is 14.6 Å². The number of carbonyl (C=O) groups excluding carboxylic acids is 1. The average Bonchev–Trinajstić information content (AvgIpc) is 3.18. The van der Waals surface area contributed by atoms with Gasteiger partial charge in [0.25, 0.3) is 0 Å². The number of ether oxygens (including phenoxy) is 1. The fraction of sp³-hybridized carbons (Fsp3) is 0.174. The van der Waals surface area contributed by atoms with Gasteiger partial charge in [-0.15, -0.1) is 0 Å². The van der Waals surface area contributed by atoms with Gasteiger partial charge in [0, 0.05) is 17.7 Å². The molecule has 2 aromatic carbocycles. The number of benzene rings is 2. The average molecular weight is 404 g/mol. The van der Waals surface area contributed by atoms with Crippen LogP contribution in [0.4, 0.5) is 20.7 Å². The molecule has 6 nitrogen and oxygen atoms in total. The number of anilines is 2. The predicted molar refractivity (Wildman–Crippen MR) is 113 cm³/mol. The number of nitrogens with zero attached hydrogens (tertiary/aromatic N) is 4. The monoisotopic (exact) mass is 404 g/mol. The fourth-order valence-corrected chi connectivity index (χ4v) is 3.04. The summed E-state index contributed by atoms with van der Waals surface area (Å²) in [5, 5.41) is 4.33. The van der Waals surface area contributed by atoms with Crippen LogP contribution in [0.25, 0.3) is 16.9 Å². The van der Waals surface area contributed by atoms with Gasteiger partial charge < -0.3 is 4.74 Å². The summed E-state index contributed by atoms with van der Waals surface area (Å²) in [6.07, 6.45) is 1.01. The van der Waals surface area contributed by atoms with Gasteiger partial charge in [0.15, 0.2) is 5.65 Å². The highest BCUT2D eigenvalue weighted by atomic mass is 19.1. The summed E-state index contributed by atoms with van der Waals surface area (Å²) in [7, 11) is 0. The summed E-state index contributed by atoms with van der Waals surface area (Å²) in [6, 6.07) is 18.8. The summed E-state index contributed by atoms with van der Waals surface area (Å²) >= 11 is 0. The summed E-state index contributed by atoms with van der Waals surface area (Å²) in [5.41, 5.74) is 1.88. The molecule has 0 saturated carbocycles. The number of rotatable bonds is 3. The van der Waals surface area contributed by atoms with Crippen molar-refractivity contribution >= 4 is 23.2 Å². The normalized spacial score (nSPS) is 11.5. The third-order valence-electron chi connectivity index (χ3n) is 4.30. The Morgan fingerprint density at radius 3 is 2.40 bits per heavy atom. The molecule has 0 saturated heterocycles. The highest BCUT2D eigenvalue weighted by Gasteiger charge is 2.28. The second-order valence-electron chi connectivity index (χ2n) is 7.76. The molecule has 7 heteroatoms. The summed E-state index contributed by atoms with van der Waals surface area (Å²) < 4.78 is 20.7. The Kier molecular flexibility index (Phi) is 4.95. The molecule has 0 unspecified atom stereocenters. The van der Waals surface area contributed by atoms with Gasteiger partial charge in [0.05, 0.1) is 17.6 Å². The molecule has 30 heavy (non-hydrogen) atoms. The van der Waals surface area contributed by atoms with Gasteiger partial charge in [-0.05, 0) is 45.0 Å². The highest BCUT2D eigenvalue weighted by molar-refractivity contribution is 5.96. The van der Waals surface area contributed by atoms with Crippen LogP contribution in [0.5, 0.6) is 0 Å². The second kappa shape index (κ2) is 7.59. The first-order valence-electron chi connectivity index (χ1n) is 9.51. The molecule has 1 amide bonds. The minimum absolute atomic E-state index is 0.396. The van der Waals surface area contributed by atoms with E-state index in [0.29, 0.717) is 22.8 Å². The van der Waals surface area contributed by atoms with Crippen molar-refractivity contribution in [2.24, 2.45) is 0 Å². The zero-order chi connectivity index (χ0) is 21.3. The van der Waals surface area contributed by atoms with Crippen molar-refractivity contribution in [3.05, 3.63) is 78.7 Å². The number of fused-ring (bicyclic) bond motifs is 1. The first-order chi connectivity index (χ1) is 14.3. The minimum Gasteiger partial charge on any atom is -0.443 e. The number of hydrogen-bond acceptors (Lipinski definition) is 4. The quantitative estimate of drug-likeness (QED) is 0.445. The maximum Gasteiger partial charge on any atom is 0.420 e. The number of halogens is 1. The second-order valence-corrected chi connectivity index (χ2v) is 7.76. The molecular formula is C23H21FN4O2. The Morgan fingerprint density at radius 2 is 1.73 bits per heavy atom. The van der Waals surface area contributed by atoms with E-state index in [9.17, 15) is 9.18 Å². The van der Waals surface area contributed by atoms with Crippen molar-refractivity contribution < 1.29 is 13.9 Å². The summed E-state index contributed by atoms with van der Waals surface area (Å²) in [5.74, 6) is 0.0385. The van der Waals surface area contributed by atoms with Crippen LogP contribution in [-0.4, -0.2) is 26.3 Å². The van der Waals surface area contributed by atoms with Crippen LogP contribution >= 0.6 is 0 Å². The number of carbonyl (C=O) groups is 1. The predicted octanol–water partition coefficient (Wildman–Crippen LogP) is 5.61. The third kappa shape index (κ3) is 4.00. The van der Waals surface area contributed by atoms with E-state index in [-0.39, 0.29) is 0 Å². The lowest BCUT2D eigenvalue weighted by atomic mass is 10.1. The van der Waals surface area contributed by atoms with Gasteiger partial charge in [-0.3, -0.25) is 0 Å². The van der Waals surface area contributed by atoms with E-state index in [1.807, 2.05) is 30.3 Å². The van der Waals surface area contributed by atoms with Crippen LogP contribution in [0.1, 0.15) is 20.8 Å². The molecule has 2 heterocycles. The molecule has 0 aliphatic carbocycles. The molecule has 4 aromatic rings. The zero-order valence-corrected chi connectivity index (χ0v) is 16.9. The van der Waals surface area contributed by atoms with Crippen molar-refractivity contribution in [2.45, 2.75) is 26.4 Å². The van der Waals surface area contributed by atoms with Gasteiger partial charge >= 0.3 is 6.09 Å². The lowest BCUT2D eigenvalue weighted by molar-refractivity contribution is 0.0597. The molecule has 0 bridgehead atoms. The van der Waals surface area contributed by atoms with Crippen molar-refractivity contribution in [2.75, 3.05) is 4.90 Å². The lowest BCUT2D eigenvalue weighted by Crippen LogP contribution is -2.35. The topological polar surface area (TPSA) is 59.7 Å². The molecule has 0 aliphatic rings. The number of amides is 1. The molecule has 0 N–H and O–H groups in total. The van der Waals surface area contributed by atoms with E-state index in [2.05, 4.69) is 10.1 Å². The molecule has 2 aromatic heterocycles. The van der Waals surface area contributed by atoms with E-state index >= 15 is 0 Å². The van der Waals surface area contributed by atoms with Crippen LogP contribution in [0.2, 0.25) is 0 Å². The lowest BCUT2D eigenvalue weighted by Gasteiger charge is -2.28. The van der Waals surface area contributed by atoms with Gasteiger partial charge in [-0.2, -0.15) is 9.61 Å². The van der Waals surface area contributed by atoms with Gasteiger partial charge in [-0.25, -0.2) is 19.1 Å². The Bertz CT molecular complexity index is 1180. The molecule has 152 valence electrons. The van der Waals surface area contributed by atoms with Gasteiger partial charge in [-0.1, -0.05) is 30.3 Å².